The van der Waals surface area contributed by atoms with Gasteiger partial charge in [0.15, 0.2) is 0 Å². The molecule has 18 heavy (non-hydrogen) atoms. The summed E-state index contributed by atoms with van der Waals surface area (Å²) < 4.78 is 4.50. The van der Waals surface area contributed by atoms with Gasteiger partial charge in [0.1, 0.15) is 5.78 Å². The fourth-order valence-corrected chi connectivity index (χ4v) is 1.37. The van der Waals surface area contributed by atoms with Crippen LogP contribution in [0.5, 0.6) is 0 Å². The van der Waals surface area contributed by atoms with Gasteiger partial charge in [0.05, 0.1) is 19.1 Å². The Balaban J connectivity index is 0. The highest BCUT2D eigenvalue weighted by Crippen LogP contribution is 2.27. The highest BCUT2D eigenvalue weighted by Gasteiger charge is 2.39. The van der Waals surface area contributed by atoms with E-state index in [9.17, 15) is 9.59 Å². The van der Waals surface area contributed by atoms with Crippen molar-refractivity contribution in [2.75, 3.05) is 26.9 Å². The summed E-state index contributed by atoms with van der Waals surface area (Å²) in [4.78, 5) is 22.3. The van der Waals surface area contributed by atoms with Crippen LogP contribution >= 0.6 is 0 Å². The minimum absolute atomic E-state index is 0.0236. The molecule has 0 spiro atoms. The van der Waals surface area contributed by atoms with Gasteiger partial charge in [-0.2, -0.15) is 0 Å². The van der Waals surface area contributed by atoms with Crippen LogP contribution in [0.3, 0.4) is 0 Å². The minimum atomic E-state index is -1.28. The number of ether oxygens (including phenoxy) is 1. The van der Waals surface area contributed by atoms with Gasteiger partial charge in [-0.3, -0.25) is 9.59 Å². The molecule has 0 saturated heterocycles. The van der Waals surface area contributed by atoms with Crippen LogP contribution in [-0.4, -0.2) is 54.0 Å². The SMILES string of the molecule is CCCO.COC(=O)C(CO)(CCO)CC(C)=O. The molecule has 1 atom stereocenters. The van der Waals surface area contributed by atoms with Gasteiger partial charge in [-0.15, -0.1) is 0 Å². The Labute approximate surface area is 108 Å². The maximum Gasteiger partial charge on any atom is 0.314 e. The first-order valence-electron chi connectivity index (χ1n) is 5.84. The molecule has 0 heterocycles. The molecule has 0 aliphatic heterocycles. The highest BCUT2D eigenvalue weighted by molar-refractivity contribution is 5.85. The van der Waals surface area contributed by atoms with Crippen LogP contribution in [0, 0.1) is 5.41 Å². The second kappa shape index (κ2) is 11.1. The van der Waals surface area contributed by atoms with E-state index in [1.54, 1.807) is 0 Å². The Morgan fingerprint density at radius 2 is 1.67 bits per heavy atom. The molecular formula is C12H24O6. The van der Waals surface area contributed by atoms with Crippen molar-refractivity contribution in [3.63, 3.8) is 0 Å². The van der Waals surface area contributed by atoms with Crippen molar-refractivity contribution in [2.24, 2.45) is 5.41 Å². The fraction of sp³-hybridized carbons (Fsp3) is 0.833. The number of carbonyl (C=O) groups is 2. The van der Waals surface area contributed by atoms with Gasteiger partial charge in [0, 0.05) is 19.6 Å². The number of aliphatic hydroxyl groups excluding tert-OH is 3. The lowest BCUT2D eigenvalue weighted by molar-refractivity contribution is -0.159. The van der Waals surface area contributed by atoms with Crippen LogP contribution in [-0.2, 0) is 14.3 Å². The Morgan fingerprint density at radius 1 is 1.17 bits per heavy atom. The lowest BCUT2D eigenvalue weighted by atomic mass is 9.81. The number of rotatable bonds is 7. The Kier molecular flexibility index (Phi) is 12.0. The number of Topliss-reactive ketones (excluding diaryl/α,β-unsaturated/α-hetero) is 1. The molecule has 0 aliphatic carbocycles. The van der Waals surface area contributed by atoms with Gasteiger partial charge < -0.3 is 20.1 Å². The van der Waals surface area contributed by atoms with Crippen molar-refractivity contribution in [1.29, 1.82) is 0 Å². The third-order valence-electron chi connectivity index (χ3n) is 2.32. The van der Waals surface area contributed by atoms with E-state index >= 15 is 0 Å². The number of ketones is 1. The first-order valence-corrected chi connectivity index (χ1v) is 5.84. The molecule has 0 aliphatic rings. The molecule has 6 nitrogen and oxygen atoms in total. The highest BCUT2D eigenvalue weighted by atomic mass is 16.5. The molecule has 108 valence electrons. The molecule has 0 aromatic carbocycles. The summed E-state index contributed by atoms with van der Waals surface area (Å²) >= 11 is 0. The van der Waals surface area contributed by atoms with Crippen molar-refractivity contribution >= 4 is 11.8 Å². The van der Waals surface area contributed by atoms with E-state index in [2.05, 4.69) is 4.74 Å². The first kappa shape index (κ1) is 19.4. The molecule has 0 saturated carbocycles. The molecule has 0 radical (unpaired) electrons. The number of esters is 1. The number of hydrogen-bond acceptors (Lipinski definition) is 6. The largest absolute Gasteiger partial charge is 0.469 e. The molecule has 1 unspecified atom stereocenters. The van der Waals surface area contributed by atoms with Crippen LogP contribution in [0.25, 0.3) is 0 Å². The van der Waals surface area contributed by atoms with Crippen LogP contribution in [0.2, 0.25) is 0 Å². The van der Waals surface area contributed by atoms with Crippen LogP contribution in [0.4, 0.5) is 0 Å². The normalized spacial score (nSPS) is 13.0. The predicted molar refractivity (Wildman–Crippen MR) is 65.9 cm³/mol. The van der Waals surface area contributed by atoms with Crippen LogP contribution in [0.15, 0.2) is 0 Å². The molecule has 0 bridgehead atoms. The lowest BCUT2D eigenvalue weighted by Crippen LogP contribution is -2.38. The van der Waals surface area contributed by atoms with Crippen LogP contribution < -0.4 is 0 Å². The molecule has 0 rings (SSSR count). The maximum atomic E-state index is 11.3. The summed E-state index contributed by atoms with van der Waals surface area (Å²) in [6, 6.07) is 0. The molecule has 6 heteroatoms. The number of carbonyl (C=O) groups excluding carboxylic acids is 2. The molecular weight excluding hydrogens is 240 g/mol. The van der Waals surface area contributed by atoms with E-state index in [0.29, 0.717) is 6.61 Å². The summed E-state index contributed by atoms with van der Waals surface area (Å²) in [6.45, 7) is 2.80. The van der Waals surface area contributed by atoms with Gasteiger partial charge in [-0.25, -0.2) is 0 Å². The average molecular weight is 264 g/mol. The maximum absolute atomic E-state index is 11.3. The predicted octanol–water partition coefficient (Wildman–Crippen LogP) is -0.112. The summed E-state index contributed by atoms with van der Waals surface area (Å²) in [5, 5.41) is 25.7. The summed E-state index contributed by atoms with van der Waals surface area (Å²) in [6.07, 6.45) is 0.784. The molecule has 3 N–H and O–H groups in total. The monoisotopic (exact) mass is 264 g/mol. The van der Waals surface area contributed by atoms with Crippen molar-refractivity contribution in [3.05, 3.63) is 0 Å². The quantitative estimate of drug-likeness (QED) is 0.554. The molecule has 0 fully saturated rings. The summed E-state index contributed by atoms with van der Waals surface area (Å²) in [5.41, 5.74) is -1.28. The second-order valence-corrected chi connectivity index (χ2v) is 4.01. The summed E-state index contributed by atoms with van der Waals surface area (Å²) in [5.74, 6) is -0.887. The topological polar surface area (TPSA) is 104 Å². The van der Waals surface area contributed by atoms with E-state index in [-0.39, 0.29) is 25.2 Å². The minimum Gasteiger partial charge on any atom is -0.469 e. The standard InChI is InChI=1S/C9H16O5.C3H8O/c1-7(12)5-9(6-11,3-4-10)8(13)14-2;1-2-3-4/h10-11H,3-6H2,1-2H3;4H,2-3H2,1H3. The Morgan fingerprint density at radius 3 is 1.89 bits per heavy atom. The van der Waals surface area contributed by atoms with Crippen LogP contribution in [0.1, 0.15) is 33.1 Å². The number of hydrogen-bond donors (Lipinski definition) is 3. The third kappa shape index (κ3) is 7.37. The molecule has 0 amide bonds. The van der Waals surface area contributed by atoms with E-state index in [1.165, 1.54) is 14.0 Å². The zero-order valence-corrected chi connectivity index (χ0v) is 11.3. The van der Waals surface area contributed by atoms with Gasteiger partial charge >= 0.3 is 5.97 Å². The summed E-state index contributed by atoms with van der Waals surface area (Å²) in [7, 11) is 1.18. The first-order chi connectivity index (χ1) is 8.43. The zero-order valence-electron chi connectivity index (χ0n) is 11.3. The van der Waals surface area contributed by atoms with E-state index in [4.69, 9.17) is 15.3 Å². The van der Waals surface area contributed by atoms with Gasteiger partial charge in [-0.1, -0.05) is 6.92 Å². The number of aliphatic hydroxyl groups is 3. The van der Waals surface area contributed by atoms with Gasteiger partial charge in [0.2, 0.25) is 0 Å². The second-order valence-electron chi connectivity index (χ2n) is 4.01. The molecule has 0 aromatic rings. The van der Waals surface area contributed by atoms with E-state index in [0.717, 1.165) is 6.42 Å². The Hall–Kier alpha value is -0.980. The van der Waals surface area contributed by atoms with Crippen molar-refractivity contribution < 1.29 is 29.6 Å². The zero-order chi connectivity index (χ0) is 14.6. The molecule has 0 aromatic heterocycles. The van der Waals surface area contributed by atoms with Crippen molar-refractivity contribution in [3.8, 4) is 0 Å². The number of methoxy groups -OCH3 is 1. The fourth-order valence-electron chi connectivity index (χ4n) is 1.37. The van der Waals surface area contributed by atoms with Gasteiger partial charge in [0.25, 0.3) is 0 Å². The Bertz CT molecular complexity index is 239. The van der Waals surface area contributed by atoms with Crippen molar-refractivity contribution in [2.45, 2.75) is 33.1 Å². The van der Waals surface area contributed by atoms with E-state index in [1.807, 2.05) is 6.92 Å². The third-order valence-corrected chi connectivity index (χ3v) is 2.32. The van der Waals surface area contributed by atoms with Gasteiger partial charge in [-0.05, 0) is 19.8 Å². The smallest absolute Gasteiger partial charge is 0.314 e. The average Bonchev–Trinajstić information content (AvgIpc) is 2.36. The lowest BCUT2D eigenvalue weighted by Gasteiger charge is -2.26. The van der Waals surface area contributed by atoms with E-state index < -0.39 is 18.0 Å². The van der Waals surface area contributed by atoms with Crippen molar-refractivity contribution in [1.82, 2.24) is 0 Å².